The SMILES string of the molecule is Cc1ccc(C(=O)NCc2ccc(C(=O)c3ccccc3)s2)c(C)c1. The summed E-state index contributed by atoms with van der Waals surface area (Å²) < 4.78 is 0. The third-order valence-corrected chi connectivity index (χ3v) is 5.06. The van der Waals surface area contributed by atoms with Gasteiger partial charge in [-0.2, -0.15) is 0 Å². The molecule has 0 aliphatic carbocycles. The first-order valence-corrected chi connectivity index (χ1v) is 8.90. The highest BCUT2D eigenvalue weighted by molar-refractivity contribution is 7.14. The van der Waals surface area contributed by atoms with Gasteiger partial charge in [-0.25, -0.2) is 0 Å². The van der Waals surface area contributed by atoms with E-state index in [4.69, 9.17) is 0 Å². The number of nitrogens with one attached hydrogen (secondary N) is 1. The largest absolute Gasteiger partial charge is 0.347 e. The van der Waals surface area contributed by atoms with Crippen LogP contribution in [0.4, 0.5) is 0 Å². The maximum atomic E-state index is 12.4. The quantitative estimate of drug-likeness (QED) is 0.688. The molecule has 4 heteroatoms. The Morgan fingerprint density at radius 1 is 0.960 bits per heavy atom. The van der Waals surface area contributed by atoms with E-state index >= 15 is 0 Å². The normalized spacial score (nSPS) is 10.5. The fourth-order valence-corrected chi connectivity index (χ4v) is 3.57. The third kappa shape index (κ3) is 4.03. The van der Waals surface area contributed by atoms with E-state index < -0.39 is 0 Å². The molecule has 1 amide bonds. The predicted molar refractivity (Wildman–Crippen MR) is 101 cm³/mol. The van der Waals surface area contributed by atoms with Crippen molar-refractivity contribution in [2.45, 2.75) is 20.4 Å². The number of hydrogen-bond acceptors (Lipinski definition) is 3. The number of thiophene rings is 1. The molecule has 0 saturated carbocycles. The highest BCUT2D eigenvalue weighted by Crippen LogP contribution is 2.20. The molecule has 1 N–H and O–H groups in total. The first-order chi connectivity index (χ1) is 12.0. The zero-order valence-electron chi connectivity index (χ0n) is 14.2. The maximum Gasteiger partial charge on any atom is 0.251 e. The zero-order chi connectivity index (χ0) is 17.8. The van der Waals surface area contributed by atoms with Crippen LogP contribution in [-0.2, 0) is 6.54 Å². The minimum absolute atomic E-state index is 0.0116. The molecule has 0 fully saturated rings. The maximum absolute atomic E-state index is 12.4. The van der Waals surface area contributed by atoms with E-state index in [9.17, 15) is 9.59 Å². The van der Waals surface area contributed by atoms with Gasteiger partial charge in [0.25, 0.3) is 5.91 Å². The average Bonchev–Trinajstić information content (AvgIpc) is 3.09. The van der Waals surface area contributed by atoms with Gasteiger partial charge < -0.3 is 5.32 Å². The Morgan fingerprint density at radius 3 is 2.44 bits per heavy atom. The first kappa shape index (κ1) is 17.1. The van der Waals surface area contributed by atoms with Gasteiger partial charge in [-0.3, -0.25) is 9.59 Å². The van der Waals surface area contributed by atoms with Crippen LogP contribution in [0.25, 0.3) is 0 Å². The summed E-state index contributed by atoms with van der Waals surface area (Å²) >= 11 is 1.42. The first-order valence-electron chi connectivity index (χ1n) is 8.08. The molecule has 1 heterocycles. The summed E-state index contributed by atoms with van der Waals surface area (Å²) in [5, 5.41) is 2.93. The Bertz CT molecular complexity index is 913. The Morgan fingerprint density at radius 2 is 1.72 bits per heavy atom. The molecule has 0 unspecified atom stereocenters. The van der Waals surface area contributed by atoms with Gasteiger partial charge in [0, 0.05) is 16.0 Å². The Hall–Kier alpha value is -2.72. The Labute approximate surface area is 151 Å². The van der Waals surface area contributed by atoms with Crippen LogP contribution >= 0.6 is 11.3 Å². The number of carbonyl (C=O) groups is 2. The van der Waals surface area contributed by atoms with Crippen molar-refractivity contribution in [2.75, 3.05) is 0 Å². The molecule has 0 aliphatic heterocycles. The summed E-state index contributed by atoms with van der Waals surface area (Å²) in [5.41, 5.74) is 3.46. The minimum Gasteiger partial charge on any atom is -0.347 e. The molecule has 1 aromatic heterocycles. The topological polar surface area (TPSA) is 46.2 Å². The summed E-state index contributed by atoms with van der Waals surface area (Å²) in [6, 6.07) is 18.7. The van der Waals surface area contributed by atoms with Crippen molar-refractivity contribution >= 4 is 23.0 Å². The molecule has 3 rings (SSSR count). The lowest BCUT2D eigenvalue weighted by Gasteiger charge is -2.07. The van der Waals surface area contributed by atoms with Crippen LogP contribution in [0.5, 0.6) is 0 Å². The van der Waals surface area contributed by atoms with Crippen molar-refractivity contribution in [1.82, 2.24) is 5.32 Å². The minimum atomic E-state index is -0.0955. The van der Waals surface area contributed by atoms with Crippen molar-refractivity contribution in [2.24, 2.45) is 0 Å². The van der Waals surface area contributed by atoms with Crippen molar-refractivity contribution < 1.29 is 9.59 Å². The number of hydrogen-bond donors (Lipinski definition) is 1. The van der Waals surface area contributed by atoms with Gasteiger partial charge in [0.15, 0.2) is 0 Å². The molecule has 25 heavy (non-hydrogen) atoms. The second-order valence-corrected chi connectivity index (χ2v) is 7.13. The highest BCUT2D eigenvalue weighted by atomic mass is 32.1. The molecule has 0 saturated heterocycles. The molecule has 0 atom stereocenters. The second kappa shape index (κ2) is 7.45. The molecular formula is C21H19NO2S. The van der Waals surface area contributed by atoms with E-state index in [-0.39, 0.29) is 11.7 Å². The number of ketones is 1. The molecule has 0 bridgehead atoms. The lowest BCUT2D eigenvalue weighted by molar-refractivity contribution is 0.0950. The summed E-state index contributed by atoms with van der Waals surface area (Å²) in [6.07, 6.45) is 0. The molecule has 2 aromatic carbocycles. The van der Waals surface area contributed by atoms with Crippen LogP contribution in [0.3, 0.4) is 0 Å². The number of aryl methyl sites for hydroxylation is 2. The van der Waals surface area contributed by atoms with Crippen molar-refractivity contribution in [3.05, 3.63) is 92.7 Å². The molecule has 126 valence electrons. The summed E-state index contributed by atoms with van der Waals surface area (Å²) in [5.74, 6) is -0.0839. The molecular weight excluding hydrogens is 330 g/mol. The van der Waals surface area contributed by atoms with Crippen LogP contribution in [0.15, 0.2) is 60.7 Å². The lowest BCUT2D eigenvalue weighted by atomic mass is 10.1. The number of amides is 1. The van der Waals surface area contributed by atoms with E-state index in [0.29, 0.717) is 22.5 Å². The van der Waals surface area contributed by atoms with Crippen LogP contribution in [0.1, 0.15) is 41.6 Å². The van der Waals surface area contributed by atoms with Gasteiger partial charge in [-0.1, -0.05) is 48.0 Å². The number of benzene rings is 2. The number of carbonyl (C=O) groups excluding carboxylic acids is 2. The van der Waals surface area contributed by atoms with Gasteiger partial charge >= 0.3 is 0 Å². The van der Waals surface area contributed by atoms with Crippen molar-refractivity contribution in [1.29, 1.82) is 0 Å². The summed E-state index contributed by atoms with van der Waals surface area (Å²) in [4.78, 5) is 26.4. The summed E-state index contributed by atoms with van der Waals surface area (Å²) in [7, 11) is 0. The van der Waals surface area contributed by atoms with Crippen LogP contribution in [-0.4, -0.2) is 11.7 Å². The van der Waals surface area contributed by atoms with E-state index in [1.807, 2.05) is 74.5 Å². The summed E-state index contributed by atoms with van der Waals surface area (Å²) in [6.45, 7) is 4.36. The molecule has 3 aromatic rings. The van der Waals surface area contributed by atoms with E-state index in [2.05, 4.69) is 5.32 Å². The molecule has 0 spiro atoms. The second-order valence-electron chi connectivity index (χ2n) is 5.96. The van der Waals surface area contributed by atoms with Gasteiger partial charge in [0.2, 0.25) is 5.78 Å². The average molecular weight is 349 g/mol. The van der Waals surface area contributed by atoms with Crippen LogP contribution in [0, 0.1) is 13.8 Å². The lowest BCUT2D eigenvalue weighted by Crippen LogP contribution is -2.23. The van der Waals surface area contributed by atoms with Gasteiger partial charge in [-0.15, -0.1) is 11.3 Å². The fourth-order valence-electron chi connectivity index (χ4n) is 2.66. The Kier molecular flexibility index (Phi) is 5.10. The van der Waals surface area contributed by atoms with Gasteiger partial charge in [-0.05, 0) is 37.6 Å². The van der Waals surface area contributed by atoms with Crippen molar-refractivity contribution in [3.8, 4) is 0 Å². The Balaban J connectivity index is 1.66. The van der Waals surface area contributed by atoms with Gasteiger partial charge in [0.1, 0.15) is 0 Å². The van der Waals surface area contributed by atoms with Crippen molar-refractivity contribution in [3.63, 3.8) is 0 Å². The molecule has 0 aliphatic rings. The van der Waals surface area contributed by atoms with E-state index in [1.54, 1.807) is 0 Å². The van der Waals surface area contributed by atoms with Gasteiger partial charge in [0.05, 0.1) is 11.4 Å². The number of rotatable bonds is 5. The third-order valence-electron chi connectivity index (χ3n) is 3.97. The molecule has 0 radical (unpaired) electrons. The predicted octanol–water partition coefficient (Wildman–Crippen LogP) is 4.53. The smallest absolute Gasteiger partial charge is 0.251 e. The zero-order valence-corrected chi connectivity index (χ0v) is 15.0. The standard InChI is InChI=1S/C21H19NO2S/c1-14-8-10-18(15(2)12-14)21(24)22-13-17-9-11-19(25-17)20(23)16-6-4-3-5-7-16/h3-12H,13H2,1-2H3,(H,22,24). The highest BCUT2D eigenvalue weighted by Gasteiger charge is 2.13. The monoisotopic (exact) mass is 349 g/mol. The van der Waals surface area contributed by atoms with E-state index in [0.717, 1.165) is 16.0 Å². The van der Waals surface area contributed by atoms with Crippen LogP contribution < -0.4 is 5.32 Å². The molecule has 3 nitrogen and oxygen atoms in total. The fraction of sp³-hybridized carbons (Fsp3) is 0.143. The van der Waals surface area contributed by atoms with E-state index in [1.165, 1.54) is 11.3 Å². The van der Waals surface area contributed by atoms with Crippen LogP contribution in [0.2, 0.25) is 0 Å².